The summed E-state index contributed by atoms with van der Waals surface area (Å²) in [7, 11) is 0. The lowest BCUT2D eigenvalue weighted by Gasteiger charge is -2.27. The van der Waals surface area contributed by atoms with Gasteiger partial charge in [0.15, 0.2) is 0 Å². The minimum Gasteiger partial charge on any atom is -0.493 e. The summed E-state index contributed by atoms with van der Waals surface area (Å²) >= 11 is 3.53. The molecule has 0 aliphatic carbocycles. The topological polar surface area (TPSA) is 21.3 Å². The molecule has 2 rings (SSSR count). The van der Waals surface area contributed by atoms with Gasteiger partial charge in [0.25, 0.3) is 0 Å². The van der Waals surface area contributed by atoms with Crippen molar-refractivity contribution >= 4 is 15.9 Å². The summed E-state index contributed by atoms with van der Waals surface area (Å²) in [6.45, 7) is 6.41. The minimum atomic E-state index is 0.440. The van der Waals surface area contributed by atoms with Crippen LogP contribution in [0.15, 0.2) is 22.7 Å². The molecule has 0 saturated heterocycles. The molecule has 1 aliphatic heterocycles. The summed E-state index contributed by atoms with van der Waals surface area (Å²) in [6, 6.07) is 6.70. The minimum absolute atomic E-state index is 0.440. The van der Waals surface area contributed by atoms with Gasteiger partial charge < -0.3 is 10.1 Å². The first-order chi connectivity index (χ1) is 8.16. The fraction of sp³-hybridized carbons (Fsp3) is 0.571. The smallest absolute Gasteiger partial charge is 0.124 e. The van der Waals surface area contributed by atoms with E-state index < -0.39 is 0 Å². The number of halogens is 1. The van der Waals surface area contributed by atoms with Crippen molar-refractivity contribution in [3.63, 3.8) is 0 Å². The Kier molecular flexibility index (Phi) is 4.46. The summed E-state index contributed by atoms with van der Waals surface area (Å²) in [5.41, 5.74) is 1.29. The van der Waals surface area contributed by atoms with Crippen LogP contribution in [-0.2, 0) is 0 Å². The molecule has 3 heteroatoms. The summed E-state index contributed by atoms with van der Waals surface area (Å²) in [5.74, 6) is 1.78. The number of benzene rings is 1. The maximum Gasteiger partial charge on any atom is 0.124 e. The van der Waals surface area contributed by atoms with E-state index in [4.69, 9.17) is 4.74 Å². The van der Waals surface area contributed by atoms with Crippen molar-refractivity contribution < 1.29 is 4.74 Å². The molecule has 1 N–H and O–H groups in total. The SMILES string of the molecule is CC(C)CCNC1CCOc2ccc(Br)cc21. The van der Waals surface area contributed by atoms with Crippen molar-refractivity contribution in [3.05, 3.63) is 28.2 Å². The third-order valence-corrected chi connectivity index (χ3v) is 3.62. The predicted molar refractivity (Wildman–Crippen MR) is 74.5 cm³/mol. The van der Waals surface area contributed by atoms with Gasteiger partial charge in [0.05, 0.1) is 6.61 Å². The van der Waals surface area contributed by atoms with Crippen molar-refractivity contribution in [3.8, 4) is 5.75 Å². The van der Waals surface area contributed by atoms with Crippen LogP contribution in [0.3, 0.4) is 0 Å². The molecule has 0 saturated carbocycles. The van der Waals surface area contributed by atoms with Crippen LogP contribution in [0.25, 0.3) is 0 Å². The standard InChI is InChI=1S/C14H20BrNO/c1-10(2)5-7-16-13-6-8-17-14-4-3-11(15)9-12(13)14/h3-4,9-10,13,16H,5-8H2,1-2H3. The van der Waals surface area contributed by atoms with Gasteiger partial charge in [-0.15, -0.1) is 0 Å². The van der Waals surface area contributed by atoms with Crippen LogP contribution in [0.1, 0.15) is 38.3 Å². The van der Waals surface area contributed by atoms with E-state index in [0.29, 0.717) is 6.04 Å². The summed E-state index contributed by atoms with van der Waals surface area (Å²) < 4.78 is 6.80. The monoisotopic (exact) mass is 297 g/mol. The van der Waals surface area contributed by atoms with Gasteiger partial charge in [-0.3, -0.25) is 0 Å². The van der Waals surface area contributed by atoms with Crippen molar-refractivity contribution in [2.24, 2.45) is 5.92 Å². The third kappa shape index (κ3) is 3.46. The predicted octanol–water partition coefficient (Wildman–Crippen LogP) is 3.91. The molecule has 0 fully saturated rings. The molecule has 17 heavy (non-hydrogen) atoms. The maximum atomic E-state index is 5.68. The van der Waals surface area contributed by atoms with Crippen molar-refractivity contribution in [2.75, 3.05) is 13.2 Å². The molecule has 0 aromatic heterocycles. The van der Waals surface area contributed by atoms with E-state index in [9.17, 15) is 0 Å². The Morgan fingerprint density at radius 2 is 2.29 bits per heavy atom. The molecular weight excluding hydrogens is 278 g/mol. The molecule has 0 radical (unpaired) electrons. The average Bonchev–Trinajstić information content (AvgIpc) is 2.29. The lowest BCUT2D eigenvalue weighted by molar-refractivity contribution is 0.251. The molecule has 1 aromatic carbocycles. The van der Waals surface area contributed by atoms with Gasteiger partial charge in [0.1, 0.15) is 5.75 Å². The van der Waals surface area contributed by atoms with Gasteiger partial charge in [0, 0.05) is 22.5 Å². The van der Waals surface area contributed by atoms with E-state index in [1.807, 2.05) is 6.07 Å². The molecule has 1 heterocycles. The first-order valence-electron chi connectivity index (χ1n) is 6.32. The van der Waals surface area contributed by atoms with Crippen LogP contribution in [0.4, 0.5) is 0 Å². The zero-order chi connectivity index (χ0) is 12.3. The van der Waals surface area contributed by atoms with Gasteiger partial charge in [-0.05, 0) is 37.1 Å². The normalized spacial score (nSPS) is 18.9. The Morgan fingerprint density at radius 3 is 3.06 bits per heavy atom. The third-order valence-electron chi connectivity index (χ3n) is 3.12. The summed E-state index contributed by atoms with van der Waals surface area (Å²) in [4.78, 5) is 0. The van der Waals surface area contributed by atoms with Crippen LogP contribution in [-0.4, -0.2) is 13.2 Å². The number of ether oxygens (including phenoxy) is 1. The molecule has 1 unspecified atom stereocenters. The van der Waals surface area contributed by atoms with E-state index in [2.05, 4.69) is 47.2 Å². The van der Waals surface area contributed by atoms with Gasteiger partial charge >= 0.3 is 0 Å². The molecule has 94 valence electrons. The molecule has 1 aromatic rings. The largest absolute Gasteiger partial charge is 0.493 e. The second kappa shape index (κ2) is 5.87. The number of nitrogens with one attached hydrogen (secondary N) is 1. The molecular formula is C14H20BrNO. The maximum absolute atomic E-state index is 5.68. The van der Waals surface area contributed by atoms with Gasteiger partial charge in [-0.25, -0.2) is 0 Å². The fourth-order valence-corrected chi connectivity index (χ4v) is 2.50. The second-order valence-electron chi connectivity index (χ2n) is 5.01. The summed E-state index contributed by atoms with van der Waals surface area (Å²) in [6.07, 6.45) is 2.28. The number of hydrogen-bond acceptors (Lipinski definition) is 2. The number of rotatable bonds is 4. The highest BCUT2D eigenvalue weighted by Gasteiger charge is 2.20. The van der Waals surface area contributed by atoms with E-state index in [0.717, 1.165) is 35.7 Å². The highest BCUT2D eigenvalue weighted by molar-refractivity contribution is 9.10. The van der Waals surface area contributed by atoms with Crippen LogP contribution in [0.5, 0.6) is 5.75 Å². The van der Waals surface area contributed by atoms with Crippen LogP contribution in [0.2, 0.25) is 0 Å². The number of fused-ring (bicyclic) bond motifs is 1. The van der Waals surface area contributed by atoms with Crippen molar-refractivity contribution in [1.82, 2.24) is 5.32 Å². The van der Waals surface area contributed by atoms with E-state index >= 15 is 0 Å². The zero-order valence-corrected chi connectivity index (χ0v) is 12.1. The first-order valence-corrected chi connectivity index (χ1v) is 7.11. The lowest BCUT2D eigenvalue weighted by Crippen LogP contribution is -2.28. The quantitative estimate of drug-likeness (QED) is 0.910. The average molecular weight is 298 g/mol. The molecule has 0 spiro atoms. The van der Waals surface area contributed by atoms with Crippen LogP contribution < -0.4 is 10.1 Å². The van der Waals surface area contributed by atoms with Gasteiger partial charge in [-0.1, -0.05) is 29.8 Å². The lowest BCUT2D eigenvalue weighted by atomic mass is 10.00. The molecule has 0 amide bonds. The van der Waals surface area contributed by atoms with E-state index in [1.165, 1.54) is 12.0 Å². The zero-order valence-electron chi connectivity index (χ0n) is 10.5. The Hall–Kier alpha value is -0.540. The Morgan fingerprint density at radius 1 is 1.47 bits per heavy atom. The summed E-state index contributed by atoms with van der Waals surface area (Å²) in [5, 5.41) is 3.64. The Bertz CT molecular complexity index is 378. The van der Waals surface area contributed by atoms with Crippen LogP contribution in [0, 0.1) is 5.92 Å². The highest BCUT2D eigenvalue weighted by Crippen LogP contribution is 2.34. The van der Waals surface area contributed by atoms with Crippen molar-refractivity contribution in [1.29, 1.82) is 0 Å². The molecule has 1 atom stereocenters. The first kappa shape index (κ1) is 12.9. The Balaban J connectivity index is 2.03. The number of hydrogen-bond donors (Lipinski definition) is 1. The molecule has 0 bridgehead atoms. The van der Waals surface area contributed by atoms with Crippen LogP contribution >= 0.6 is 15.9 Å². The molecule has 2 nitrogen and oxygen atoms in total. The Labute approximate surface area is 112 Å². The van der Waals surface area contributed by atoms with Crippen molar-refractivity contribution in [2.45, 2.75) is 32.7 Å². The highest BCUT2D eigenvalue weighted by atomic mass is 79.9. The van der Waals surface area contributed by atoms with E-state index in [1.54, 1.807) is 0 Å². The van der Waals surface area contributed by atoms with E-state index in [-0.39, 0.29) is 0 Å². The van der Waals surface area contributed by atoms with Gasteiger partial charge in [-0.2, -0.15) is 0 Å². The molecule has 1 aliphatic rings. The fourth-order valence-electron chi connectivity index (χ4n) is 2.12. The second-order valence-corrected chi connectivity index (χ2v) is 5.92. The van der Waals surface area contributed by atoms with Gasteiger partial charge in [0.2, 0.25) is 0 Å².